The molecule has 0 atom stereocenters. The van der Waals surface area contributed by atoms with E-state index in [0.29, 0.717) is 9.79 Å². The number of hydrogen-bond donors (Lipinski definition) is 0. The fourth-order valence-electron chi connectivity index (χ4n) is 1.37. The fourth-order valence-corrected chi connectivity index (χ4v) is 2.58. The van der Waals surface area contributed by atoms with Crippen LogP contribution < -0.4 is 0 Å². The lowest BCUT2D eigenvalue weighted by Gasteiger charge is -2.04. The molecule has 3 nitrogen and oxygen atoms in total. The number of nitrogens with zero attached hydrogens (tertiary/aromatic N) is 1. The standard InChI is InChI=1S/C12H7ClFNO2S/c13-9-7-8(14)5-6-11(9)18-12-4-2-1-3-10(12)15(16)17/h1-7H. The molecule has 2 aromatic carbocycles. The number of halogens is 2. The first-order valence-electron chi connectivity index (χ1n) is 4.94. The third-order valence-corrected chi connectivity index (χ3v) is 3.74. The molecule has 0 heterocycles. The minimum atomic E-state index is -0.459. The van der Waals surface area contributed by atoms with Gasteiger partial charge in [-0.15, -0.1) is 0 Å². The number of hydrogen-bond acceptors (Lipinski definition) is 3. The summed E-state index contributed by atoms with van der Waals surface area (Å²) in [4.78, 5) is 11.4. The molecule has 0 aliphatic carbocycles. The van der Waals surface area contributed by atoms with Crippen LogP contribution in [0, 0.1) is 15.9 Å². The highest BCUT2D eigenvalue weighted by Gasteiger charge is 2.14. The molecule has 2 aromatic rings. The quantitative estimate of drug-likeness (QED) is 0.613. The van der Waals surface area contributed by atoms with Gasteiger partial charge in [0.15, 0.2) is 0 Å². The van der Waals surface area contributed by atoms with Crippen LogP contribution in [0.15, 0.2) is 52.3 Å². The molecular weight excluding hydrogens is 277 g/mol. The highest BCUT2D eigenvalue weighted by molar-refractivity contribution is 7.99. The van der Waals surface area contributed by atoms with Crippen molar-refractivity contribution in [1.82, 2.24) is 0 Å². The number of nitro groups is 1. The second kappa shape index (κ2) is 5.37. The molecule has 0 aliphatic heterocycles. The lowest BCUT2D eigenvalue weighted by Crippen LogP contribution is -1.90. The molecule has 0 unspecified atom stereocenters. The Labute approximate surface area is 112 Å². The molecule has 0 amide bonds. The van der Waals surface area contributed by atoms with Crippen molar-refractivity contribution in [3.63, 3.8) is 0 Å². The predicted molar refractivity (Wildman–Crippen MR) is 68.6 cm³/mol. The largest absolute Gasteiger partial charge is 0.283 e. The molecule has 0 saturated carbocycles. The first kappa shape index (κ1) is 12.9. The van der Waals surface area contributed by atoms with Crippen LogP contribution in [0.4, 0.5) is 10.1 Å². The van der Waals surface area contributed by atoms with Crippen molar-refractivity contribution in [2.45, 2.75) is 9.79 Å². The van der Waals surface area contributed by atoms with Gasteiger partial charge in [-0.2, -0.15) is 0 Å². The number of nitro benzene ring substituents is 1. The van der Waals surface area contributed by atoms with Gasteiger partial charge in [0.1, 0.15) is 5.82 Å². The van der Waals surface area contributed by atoms with Crippen LogP contribution in [-0.4, -0.2) is 4.92 Å². The van der Waals surface area contributed by atoms with Crippen molar-refractivity contribution in [1.29, 1.82) is 0 Å². The van der Waals surface area contributed by atoms with E-state index in [1.54, 1.807) is 18.2 Å². The van der Waals surface area contributed by atoms with Crippen LogP contribution >= 0.6 is 23.4 Å². The molecule has 0 fully saturated rings. The van der Waals surface area contributed by atoms with Crippen LogP contribution in [0.1, 0.15) is 0 Å². The molecule has 0 N–H and O–H groups in total. The minimum Gasteiger partial charge on any atom is -0.258 e. The molecule has 6 heteroatoms. The molecule has 2 rings (SSSR count). The second-order valence-corrected chi connectivity index (χ2v) is 4.89. The van der Waals surface area contributed by atoms with E-state index in [2.05, 4.69) is 0 Å². The number of benzene rings is 2. The third kappa shape index (κ3) is 2.80. The highest BCUT2D eigenvalue weighted by Crippen LogP contribution is 2.38. The second-order valence-electron chi connectivity index (χ2n) is 3.40. The van der Waals surface area contributed by atoms with E-state index in [1.807, 2.05) is 0 Å². The van der Waals surface area contributed by atoms with E-state index in [0.717, 1.165) is 11.8 Å². The average molecular weight is 284 g/mol. The van der Waals surface area contributed by atoms with Crippen LogP contribution in [0.2, 0.25) is 5.02 Å². The Balaban J connectivity index is 2.37. The van der Waals surface area contributed by atoms with Gasteiger partial charge in [-0.25, -0.2) is 4.39 Å². The topological polar surface area (TPSA) is 43.1 Å². The summed E-state index contributed by atoms with van der Waals surface area (Å²) in [5.74, 6) is -0.438. The molecule has 0 saturated heterocycles. The summed E-state index contributed by atoms with van der Waals surface area (Å²) in [7, 11) is 0. The average Bonchev–Trinajstić information content (AvgIpc) is 2.33. The normalized spacial score (nSPS) is 10.3. The van der Waals surface area contributed by atoms with Crippen molar-refractivity contribution in [2.75, 3.05) is 0 Å². The summed E-state index contributed by atoms with van der Waals surface area (Å²) in [6, 6.07) is 10.3. The van der Waals surface area contributed by atoms with Gasteiger partial charge >= 0.3 is 0 Å². The first-order chi connectivity index (χ1) is 8.58. The Morgan fingerprint density at radius 1 is 1.17 bits per heavy atom. The maximum atomic E-state index is 12.9. The molecule has 0 aromatic heterocycles. The Hall–Kier alpha value is -1.59. The van der Waals surface area contributed by atoms with Crippen molar-refractivity contribution in [3.05, 3.63) is 63.4 Å². The summed E-state index contributed by atoms with van der Waals surface area (Å²) in [6.45, 7) is 0. The Kier molecular flexibility index (Phi) is 3.84. The Morgan fingerprint density at radius 3 is 2.56 bits per heavy atom. The third-order valence-electron chi connectivity index (χ3n) is 2.18. The van der Waals surface area contributed by atoms with Gasteiger partial charge in [0, 0.05) is 11.0 Å². The summed E-state index contributed by atoms with van der Waals surface area (Å²) in [6.07, 6.45) is 0. The number of rotatable bonds is 3. The summed E-state index contributed by atoms with van der Waals surface area (Å²) in [5, 5.41) is 11.1. The van der Waals surface area contributed by atoms with Gasteiger partial charge in [-0.05, 0) is 24.3 Å². The van der Waals surface area contributed by atoms with E-state index in [4.69, 9.17) is 11.6 Å². The lowest BCUT2D eigenvalue weighted by molar-refractivity contribution is -0.387. The van der Waals surface area contributed by atoms with E-state index >= 15 is 0 Å². The predicted octanol–water partition coefficient (Wildman–Crippen LogP) is 4.54. The fraction of sp³-hybridized carbons (Fsp3) is 0. The van der Waals surface area contributed by atoms with E-state index in [-0.39, 0.29) is 10.7 Å². The van der Waals surface area contributed by atoms with Crippen LogP contribution in [0.25, 0.3) is 0 Å². The van der Waals surface area contributed by atoms with Gasteiger partial charge < -0.3 is 0 Å². The maximum absolute atomic E-state index is 12.9. The summed E-state index contributed by atoms with van der Waals surface area (Å²) in [5.41, 5.74) is 0.00268. The molecule has 92 valence electrons. The lowest BCUT2D eigenvalue weighted by atomic mass is 10.3. The van der Waals surface area contributed by atoms with Crippen LogP contribution in [0.3, 0.4) is 0 Å². The van der Waals surface area contributed by atoms with E-state index in [1.165, 1.54) is 24.3 Å². The molecular formula is C12H7ClFNO2S. The SMILES string of the molecule is O=[N+]([O-])c1ccccc1Sc1ccc(F)cc1Cl. The van der Waals surface area contributed by atoms with Crippen molar-refractivity contribution >= 4 is 29.1 Å². The van der Waals surface area contributed by atoms with Crippen LogP contribution in [0.5, 0.6) is 0 Å². The number of para-hydroxylation sites is 1. The molecule has 0 bridgehead atoms. The van der Waals surface area contributed by atoms with Gasteiger partial charge in [0.25, 0.3) is 5.69 Å². The van der Waals surface area contributed by atoms with Gasteiger partial charge in [-0.1, -0.05) is 35.5 Å². The Bertz CT molecular complexity index is 606. The minimum absolute atomic E-state index is 0.00268. The zero-order chi connectivity index (χ0) is 13.1. The van der Waals surface area contributed by atoms with E-state index in [9.17, 15) is 14.5 Å². The maximum Gasteiger partial charge on any atom is 0.283 e. The van der Waals surface area contributed by atoms with Crippen molar-refractivity contribution in [2.24, 2.45) is 0 Å². The molecule has 0 radical (unpaired) electrons. The highest BCUT2D eigenvalue weighted by atomic mass is 35.5. The Morgan fingerprint density at radius 2 is 1.89 bits per heavy atom. The molecule has 0 aliphatic rings. The van der Waals surface area contributed by atoms with Crippen molar-refractivity contribution < 1.29 is 9.31 Å². The smallest absolute Gasteiger partial charge is 0.258 e. The zero-order valence-electron chi connectivity index (χ0n) is 8.97. The monoisotopic (exact) mass is 283 g/mol. The van der Waals surface area contributed by atoms with Gasteiger partial charge in [0.2, 0.25) is 0 Å². The van der Waals surface area contributed by atoms with Crippen molar-refractivity contribution in [3.8, 4) is 0 Å². The molecule has 0 spiro atoms. The van der Waals surface area contributed by atoms with Gasteiger partial charge in [0.05, 0.1) is 14.8 Å². The first-order valence-corrected chi connectivity index (χ1v) is 6.13. The zero-order valence-corrected chi connectivity index (χ0v) is 10.5. The summed E-state index contributed by atoms with van der Waals surface area (Å²) >= 11 is 7.02. The molecule has 18 heavy (non-hydrogen) atoms. The summed E-state index contributed by atoms with van der Waals surface area (Å²) < 4.78 is 12.9. The van der Waals surface area contributed by atoms with Crippen LogP contribution in [-0.2, 0) is 0 Å². The van der Waals surface area contributed by atoms with E-state index < -0.39 is 10.7 Å². The van der Waals surface area contributed by atoms with Gasteiger partial charge in [-0.3, -0.25) is 10.1 Å².